The third-order valence-electron chi connectivity index (χ3n) is 4.35. The van der Waals surface area contributed by atoms with Gasteiger partial charge in [0.1, 0.15) is 11.3 Å². The first-order valence-corrected chi connectivity index (χ1v) is 9.73. The molecule has 0 bridgehead atoms. The van der Waals surface area contributed by atoms with Gasteiger partial charge in [-0.15, -0.1) is 5.10 Å². The number of thioether (sulfide) groups is 1. The third-order valence-corrected chi connectivity index (χ3v) is 5.62. The Morgan fingerprint density at radius 2 is 1.96 bits per heavy atom. The molecular formula is C19H15ClN4O3S. The molecule has 0 aliphatic heterocycles. The molecule has 0 aliphatic rings. The second-order valence-electron chi connectivity index (χ2n) is 6.29. The zero-order valence-corrected chi connectivity index (χ0v) is 16.6. The standard InChI is InChI=1S/C19H15ClN4O3S/c1-10-4-3-5-11(2)18(10)24-19(21-22-23-24)28-9-12-6-17(26)27-16-8-15(25)14(20)7-13(12)16/h3-8,25H,9H2,1-2H3. The van der Waals surface area contributed by atoms with E-state index in [1.165, 1.54) is 23.9 Å². The highest BCUT2D eigenvalue weighted by molar-refractivity contribution is 7.98. The number of nitrogens with zero attached hydrogens (tertiary/aromatic N) is 4. The van der Waals surface area contributed by atoms with Crippen molar-refractivity contribution < 1.29 is 9.52 Å². The van der Waals surface area contributed by atoms with Crippen LogP contribution in [0.4, 0.5) is 0 Å². The van der Waals surface area contributed by atoms with E-state index < -0.39 is 5.63 Å². The molecule has 0 atom stereocenters. The van der Waals surface area contributed by atoms with Crippen molar-refractivity contribution in [3.63, 3.8) is 0 Å². The SMILES string of the molecule is Cc1cccc(C)c1-n1nnnc1SCc1cc(=O)oc2cc(O)c(Cl)cc12. The van der Waals surface area contributed by atoms with Gasteiger partial charge in [-0.25, -0.2) is 4.79 Å². The lowest BCUT2D eigenvalue weighted by Gasteiger charge is -2.11. The van der Waals surface area contributed by atoms with Crippen LogP contribution in [0.25, 0.3) is 16.7 Å². The summed E-state index contributed by atoms with van der Waals surface area (Å²) in [5.74, 6) is 0.287. The summed E-state index contributed by atoms with van der Waals surface area (Å²) in [6, 6.07) is 10.3. The molecule has 2 aromatic heterocycles. The van der Waals surface area contributed by atoms with E-state index in [0.29, 0.717) is 21.9 Å². The van der Waals surface area contributed by atoms with E-state index in [0.717, 1.165) is 16.8 Å². The van der Waals surface area contributed by atoms with Gasteiger partial charge in [0.2, 0.25) is 5.16 Å². The Bertz CT molecular complexity index is 1230. The monoisotopic (exact) mass is 414 g/mol. The topological polar surface area (TPSA) is 94.0 Å². The summed E-state index contributed by atoms with van der Waals surface area (Å²) in [5.41, 5.74) is 3.54. The predicted molar refractivity (Wildman–Crippen MR) is 107 cm³/mol. The van der Waals surface area contributed by atoms with Crippen molar-refractivity contribution in [3.8, 4) is 11.4 Å². The molecule has 4 rings (SSSR count). The van der Waals surface area contributed by atoms with Crippen LogP contribution in [0.2, 0.25) is 5.02 Å². The normalized spacial score (nSPS) is 11.2. The second kappa shape index (κ2) is 7.29. The highest BCUT2D eigenvalue weighted by Crippen LogP contribution is 2.32. The van der Waals surface area contributed by atoms with Crippen LogP contribution in [0, 0.1) is 13.8 Å². The van der Waals surface area contributed by atoms with Gasteiger partial charge in [0.15, 0.2) is 0 Å². The summed E-state index contributed by atoms with van der Waals surface area (Å²) in [4.78, 5) is 11.9. The molecule has 7 nitrogen and oxygen atoms in total. The number of phenols is 1. The minimum absolute atomic E-state index is 0.138. The first-order valence-electron chi connectivity index (χ1n) is 8.37. The number of aromatic nitrogens is 4. The molecular weight excluding hydrogens is 400 g/mol. The molecule has 0 radical (unpaired) electrons. The van der Waals surface area contributed by atoms with Gasteiger partial charge in [0.25, 0.3) is 0 Å². The molecule has 0 saturated carbocycles. The van der Waals surface area contributed by atoms with Crippen LogP contribution in [0.3, 0.4) is 0 Å². The minimum atomic E-state index is -0.501. The van der Waals surface area contributed by atoms with Crippen molar-refractivity contribution in [1.82, 2.24) is 20.2 Å². The van der Waals surface area contributed by atoms with Crippen molar-refractivity contribution in [2.75, 3.05) is 0 Å². The molecule has 0 fully saturated rings. The van der Waals surface area contributed by atoms with Crippen LogP contribution in [0.1, 0.15) is 16.7 Å². The molecule has 0 unspecified atom stereocenters. The number of aromatic hydroxyl groups is 1. The fourth-order valence-corrected chi connectivity index (χ4v) is 4.08. The van der Waals surface area contributed by atoms with Crippen molar-refractivity contribution >= 4 is 34.3 Å². The van der Waals surface area contributed by atoms with Gasteiger partial charge in [-0.3, -0.25) is 0 Å². The molecule has 0 saturated heterocycles. The Hall–Kier alpha value is -2.84. The van der Waals surface area contributed by atoms with Crippen LogP contribution in [-0.2, 0) is 5.75 Å². The van der Waals surface area contributed by atoms with Crippen LogP contribution in [-0.4, -0.2) is 25.3 Å². The zero-order chi connectivity index (χ0) is 19.8. The van der Waals surface area contributed by atoms with Crippen molar-refractivity contribution in [3.05, 3.63) is 68.5 Å². The number of benzene rings is 2. The molecule has 2 heterocycles. The van der Waals surface area contributed by atoms with Crippen molar-refractivity contribution in [2.45, 2.75) is 24.8 Å². The summed E-state index contributed by atoms with van der Waals surface area (Å²) < 4.78 is 6.87. The number of hydrogen-bond donors (Lipinski definition) is 1. The fraction of sp³-hybridized carbons (Fsp3) is 0.158. The van der Waals surface area contributed by atoms with E-state index in [1.807, 2.05) is 32.0 Å². The van der Waals surface area contributed by atoms with Gasteiger partial charge >= 0.3 is 5.63 Å². The van der Waals surface area contributed by atoms with E-state index in [4.69, 9.17) is 16.0 Å². The Morgan fingerprint density at radius 3 is 2.71 bits per heavy atom. The van der Waals surface area contributed by atoms with E-state index in [1.54, 1.807) is 10.7 Å². The predicted octanol–water partition coefficient (Wildman–Crippen LogP) is 4.04. The van der Waals surface area contributed by atoms with Crippen LogP contribution in [0.5, 0.6) is 5.75 Å². The first kappa shape index (κ1) is 18.5. The fourth-order valence-electron chi connectivity index (χ4n) is 3.05. The summed E-state index contributed by atoms with van der Waals surface area (Å²) in [7, 11) is 0. The molecule has 142 valence electrons. The molecule has 9 heteroatoms. The smallest absolute Gasteiger partial charge is 0.336 e. The highest BCUT2D eigenvalue weighted by Gasteiger charge is 2.15. The Balaban J connectivity index is 1.71. The number of halogens is 1. The molecule has 0 aliphatic carbocycles. The number of para-hydroxylation sites is 1. The Morgan fingerprint density at radius 1 is 1.21 bits per heavy atom. The number of phenolic OH excluding ortho intramolecular Hbond substituents is 1. The van der Waals surface area contributed by atoms with Gasteiger partial charge < -0.3 is 9.52 Å². The quantitative estimate of drug-likeness (QED) is 0.398. The van der Waals surface area contributed by atoms with Gasteiger partial charge in [-0.2, -0.15) is 4.68 Å². The number of tetrazole rings is 1. The number of hydrogen-bond acceptors (Lipinski definition) is 7. The van der Waals surface area contributed by atoms with E-state index in [9.17, 15) is 9.90 Å². The molecule has 2 aromatic carbocycles. The highest BCUT2D eigenvalue weighted by atomic mass is 35.5. The number of aryl methyl sites for hydroxylation is 2. The van der Waals surface area contributed by atoms with Crippen LogP contribution in [0.15, 0.2) is 50.8 Å². The number of rotatable bonds is 4. The van der Waals surface area contributed by atoms with Gasteiger partial charge in [0.05, 0.1) is 10.7 Å². The zero-order valence-electron chi connectivity index (χ0n) is 15.0. The second-order valence-corrected chi connectivity index (χ2v) is 7.64. The van der Waals surface area contributed by atoms with Gasteiger partial charge in [-0.05, 0) is 47.0 Å². The lowest BCUT2D eigenvalue weighted by atomic mass is 10.1. The maximum Gasteiger partial charge on any atom is 0.336 e. The van der Waals surface area contributed by atoms with E-state index in [2.05, 4.69) is 15.5 Å². The number of fused-ring (bicyclic) bond motifs is 1. The maximum atomic E-state index is 11.9. The van der Waals surface area contributed by atoms with Crippen molar-refractivity contribution in [2.24, 2.45) is 0 Å². The summed E-state index contributed by atoms with van der Waals surface area (Å²) in [6.45, 7) is 4.01. The Kier molecular flexibility index (Phi) is 4.82. The first-order chi connectivity index (χ1) is 13.4. The van der Waals surface area contributed by atoms with Crippen LogP contribution < -0.4 is 5.63 Å². The van der Waals surface area contributed by atoms with Gasteiger partial charge in [-0.1, -0.05) is 41.6 Å². The van der Waals surface area contributed by atoms with E-state index >= 15 is 0 Å². The molecule has 0 amide bonds. The van der Waals surface area contributed by atoms with E-state index in [-0.39, 0.29) is 16.4 Å². The minimum Gasteiger partial charge on any atom is -0.506 e. The van der Waals surface area contributed by atoms with Crippen LogP contribution >= 0.6 is 23.4 Å². The summed E-state index contributed by atoms with van der Waals surface area (Å²) in [6.07, 6.45) is 0. The lowest BCUT2D eigenvalue weighted by Crippen LogP contribution is -2.04. The average Bonchev–Trinajstić information content (AvgIpc) is 3.09. The summed E-state index contributed by atoms with van der Waals surface area (Å²) >= 11 is 7.42. The summed E-state index contributed by atoms with van der Waals surface area (Å²) in [5, 5.41) is 23.3. The average molecular weight is 415 g/mol. The lowest BCUT2D eigenvalue weighted by molar-refractivity contribution is 0.473. The third kappa shape index (κ3) is 3.36. The van der Waals surface area contributed by atoms with Crippen molar-refractivity contribution in [1.29, 1.82) is 0 Å². The Labute approximate surface area is 168 Å². The van der Waals surface area contributed by atoms with Gasteiger partial charge in [0, 0.05) is 23.3 Å². The molecule has 0 spiro atoms. The largest absolute Gasteiger partial charge is 0.506 e. The molecule has 28 heavy (non-hydrogen) atoms. The maximum absolute atomic E-state index is 11.9. The molecule has 1 N–H and O–H groups in total. The molecule has 4 aromatic rings.